The monoisotopic (exact) mass is 321 g/mol. The van der Waals surface area contributed by atoms with E-state index < -0.39 is 6.10 Å². The molecule has 126 valence electrons. The Morgan fingerprint density at radius 1 is 1.13 bits per heavy atom. The van der Waals surface area contributed by atoms with E-state index in [0.29, 0.717) is 19.5 Å². The molecule has 1 aromatic carbocycles. The van der Waals surface area contributed by atoms with Gasteiger partial charge in [0.15, 0.2) is 0 Å². The van der Waals surface area contributed by atoms with Gasteiger partial charge in [0, 0.05) is 46.2 Å². The predicted molar refractivity (Wildman–Crippen MR) is 88.3 cm³/mol. The summed E-state index contributed by atoms with van der Waals surface area (Å²) in [5.41, 5.74) is 1.80. The lowest BCUT2D eigenvalue weighted by Crippen LogP contribution is -2.41. The molecule has 1 atom stereocenters. The van der Waals surface area contributed by atoms with Gasteiger partial charge in [-0.2, -0.15) is 0 Å². The fraction of sp³-hybridized carbons (Fsp3) is 0.588. The van der Waals surface area contributed by atoms with Gasteiger partial charge in [0.1, 0.15) is 5.82 Å². The van der Waals surface area contributed by atoms with Crippen molar-refractivity contribution in [1.82, 2.24) is 4.90 Å². The van der Waals surface area contributed by atoms with Crippen LogP contribution in [0.4, 0.5) is 15.8 Å². The van der Waals surface area contributed by atoms with E-state index in [1.165, 1.54) is 6.07 Å². The van der Waals surface area contributed by atoms with Crippen molar-refractivity contribution in [2.75, 3.05) is 49.6 Å². The molecule has 6 heteroatoms. The van der Waals surface area contributed by atoms with E-state index >= 15 is 0 Å². The summed E-state index contributed by atoms with van der Waals surface area (Å²) in [6.45, 7) is 3.24. The molecule has 2 heterocycles. The fourth-order valence-electron chi connectivity index (χ4n) is 3.46. The van der Waals surface area contributed by atoms with Crippen molar-refractivity contribution < 1.29 is 14.3 Å². The largest absolute Gasteiger partial charge is 0.389 e. The van der Waals surface area contributed by atoms with Crippen LogP contribution in [-0.2, 0) is 4.79 Å². The number of hydrogen-bond donors (Lipinski definition) is 1. The molecule has 3 rings (SSSR count). The van der Waals surface area contributed by atoms with E-state index in [-0.39, 0.29) is 11.7 Å². The number of anilines is 2. The lowest BCUT2D eigenvalue weighted by molar-refractivity contribution is -0.128. The molecule has 1 fully saturated rings. The van der Waals surface area contributed by atoms with Crippen molar-refractivity contribution in [3.05, 3.63) is 24.0 Å². The van der Waals surface area contributed by atoms with Crippen molar-refractivity contribution in [3.8, 4) is 0 Å². The number of likely N-dealkylation sites (tertiary alicyclic amines) is 1. The van der Waals surface area contributed by atoms with Crippen molar-refractivity contribution in [3.63, 3.8) is 0 Å². The molecule has 0 saturated carbocycles. The first-order valence-corrected chi connectivity index (χ1v) is 8.26. The Bertz CT molecular complexity index is 581. The second kappa shape index (κ2) is 6.74. The van der Waals surface area contributed by atoms with Crippen LogP contribution in [0, 0.1) is 5.82 Å². The van der Waals surface area contributed by atoms with Crippen molar-refractivity contribution in [2.24, 2.45) is 0 Å². The van der Waals surface area contributed by atoms with E-state index in [2.05, 4.69) is 9.80 Å². The lowest BCUT2D eigenvalue weighted by Gasteiger charge is -2.29. The average Bonchev–Trinajstić information content (AvgIpc) is 2.84. The van der Waals surface area contributed by atoms with Crippen LogP contribution < -0.4 is 9.80 Å². The van der Waals surface area contributed by atoms with Crippen molar-refractivity contribution in [2.45, 2.75) is 25.4 Å². The van der Waals surface area contributed by atoms with E-state index in [9.17, 15) is 14.3 Å². The molecule has 0 aliphatic carbocycles. The maximum absolute atomic E-state index is 13.6. The molecule has 23 heavy (non-hydrogen) atoms. The smallest absolute Gasteiger partial charge is 0.222 e. The number of carbonyl (C=O) groups excluding carboxylic acids is 1. The zero-order chi connectivity index (χ0) is 16.4. The normalized spacial score (nSPS) is 19.8. The van der Waals surface area contributed by atoms with Crippen LogP contribution >= 0.6 is 0 Å². The molecule has 1 unspecified atom stereocenters. The number of nitrogens with zero attached hydrogens (tertiary/aromatic N) is 3. The minimum absolute atomic E-state index is 0.127. The number of halogens is 1. The van der Waals surface area contributed by atoms with Crippen molar-refractivity contribution >= 4 is 17.3 Å². The van der Waals surface area contributed by atoms with Gasteiger partial charge in [0.25, 0.3) is 0 Å². The lowest BCUT2D eigenvalue weighted by atomic mass is 10.2. The van der Waals surface area contributed by atoms with Gasteiger partial charge in [-0.15, -0.1) is 0 Å². The minimum Gasteiger partial charge on any atom is -0.389 e. The van der Waals surface area contributed by atoms with Crippen LogP contribution in [-0.4, -0.2) is 61.8 Å². The molecule has 1 amide bonds. The second-order valence-corrected chi connectivity index (χ2v) is 6.45. The number of carbonyl (C=O) groups is 1. The third-order valence-electron chi connectivity index (χ3n) is 4.64. The fourth-order valence-corrected chi connectivity index (χ4v) is 3.46. The van der Waals surface area contributed by atoms with E-state index in [4.69, 9.17) is 0 Å². The third-order valence-corrected chi connectivity index (χ3v) is 4.64. The summed E-state index contributed by atoms with van der Waals surface area (Å²) in [7, 11) is 1.96. The van der Waals surface area contributed by atoms with Gasteiger partial charge in [0.05, 0.1) is 17.5 Å². The Morgan fingerprint density at radius 2 is 1.87 bits per heavy atom. The molecular weight excluding hydrogens is 297 g/mol. The summed E-state index contributed by atoms with van der Waals surface area (Å²) in [5.74, 6) is -0.122. The Labute approximate surface area is 136 Å². The second-order valence-electron chi connectivity index (χ2n) is 6.45. The highest BCUT2D eigenvalue weighted by Gasteiger charge is 2.25. The Kier molecular flexibility index (Phi) is 4.71. The first kappa shape index (κ1) is 16.1. The SMILES string of the molecule is CN1CCCN(CC(O)CN2CCCC2=O)c2ccc(F)cc21. The highest BCUT2D eigenvalue weighted by Crippen LogP contribution is 2.32. The Morgan fingerprint density at radius 3 is 2.61 bits per heavy atom. The van der Waals surface area contributed by atoms with Crippen LogP contribution in [0.2, 0.25) is 0 Å². The number of β-amino-alcohol motifs (C(OH)–C–C–N with tert-alkyl or cyclic N) is 1. The van der Waals surface area contributed by atoms with Crippen LogP contribution in [0.1, 0.15) is 19.3 Å². The molecular formula is C17H24FN3O2. The zero-order valence-electron chi connectivity index (χ0n) is 13.5. The minimum atomic E-state index is -0.599. The van der Waals surface area contributed by atoms with Gasteiger partial charge in [-0.25, -0.2) is 4.39 Å². The average molecular weight is 321 g/mol. The highest BCUT2D eigenvalue weighted by atomic mass is 19.1. The van der Waals surface area contributed by atoms with E-state index in [1.54, 1.807) is 17.0 Å². The number of amides is 1. The standard InChI is InChI=1S/C17H24FN3O2/c1-19-7-3-9-20(15-6-5-13(18)10-16(15)19)11-14(22)12-21-8-2-4-17(21)23/h5-6,10,14,22H,2-4,7-9,11-12H2,1H3. The molecule has 1 N–H and O–H groups in total. The summed E-state index contributed by atoms with van der Waals surface area (Å²) in [5, 5.41) is 10.4. The van der Waals surface area contributed by atoms with Crippen LogP contribution in [0.25, 0.3) is 0 Å². The summed E-state index contributed by atoms with van der Waals surface area (Å²) in [4.78, 5) is 17.6. The predicted octanol–water partition coefficient (Wildman–Crippen LogP) is 1.46. The molecule has 0 radical (unpaired) electrons. The molecule has 1 saturated heterocycles. The zero-order valence-corrected chi connectivity index (χ0v) is 13.5. The molecule has 2 aliphatic rings. The number of rotatable bonds is 4. The summed E-state index contributed by atoms with van der Waals surface area (Å²) in [6, 6.07) is 4.78. The quantitative estimate of drug-likeness (QED) is 0.912. The van der Waals surface area contributed by atoms with Crippen LogP contribution in [0.5, 0.6) is 0 Å². The topological polar surface area (TPSA) is 47.0 Å². The Balaban J connectivity index is 1.72. The van der Waals surface area contributed by atoms with Gasteiger partial charge in [0.2, 0.25) is 5.91 Å². The number of hydrogen-bond acceptors (Lipinski definition) is 4. The van der Waals surface area contributed by atoms with E-state index in [1.807, 2.05) is 7.05 Å². The van der Waals surface area contributed by atoms with Crippen LogP contribution in [0.15, 0.2) is 18.2 Å². The Hall–Kier alpha value is -1.82. The molecule has 0 aromatic heterocycles. The molecule has 1 aromatic rings. The van der Waals surface area contributed by atoms with Gasteiger partial charge in [-0.05, 0) is 31.0 Å². The molecule has 2 aliphatic heterocycles. The maximum Gasteiger partial charge on any atom is 0.222 e. The molecule has 5 nitrogen and oxygen atoms in total. The maximum atomic E-state index is 13.6. The summed E-state index contributed by atoms with van der Waals surface area (Å²) < 4.78 is 13.6. The molecule has 0 bridgehead atoms. The van der Waals surface area contributed by atoms with Crippen molar-refractivity contribution in [1.29, 1.82) is 0 Å². The van der Waals surface area contributed by atoms with Crippen LogP contribution in [0.3, 0.4) is 0 Å². The third kappa shape index (κ3) is 3.58. The van der Waals surface area contributed by atoms with E-state index in [0.717, 1.165) is 43.9 Å². The number of benzene rings is 1. The van der Waals surface area contributed by atoms with Gasteiger partial charge in [-0.3, -0.25) is 4.79 Å². The first-order chi connectivity index (χ1) is 11.0. The van der Waals surface area contributed by atoms with Gasteiger partial charge >= 0.3 is 0 Å². The highest BCUT2D eigenvalue weighted by molar-refractivity contribution is 5.78. The molecule has 0 spiro atoms. The summed E-state index contributed by atoms with van der Waals surface area (Å²) in [6.07, 6.45) is 1.81. The number of aliphatic hydroxyl groups is 1. The van der Waals surface area contributed by atoms with Gasteiger partial charge < -0.3 is 19.8 Å². The number of fused-ring (bicyclic) bond motifs is 1. The van der Waals surface area contributed by atoms with Gasteiger partial charge in [-0.1, -0.05) is 0 Å². The first-order valence-electron chi connectivity index (χ1n) is 8.26. The number of aliphatic hydroxyl groups excluding tert-OH is 1. The summed E-state index contributed by atoms with van der Waals surface area (Å²) >= 11 is 0.